The van der Waals surface area contributed by atoms with Gasteiger partial charge in [0.2, 0.25) is 0 Å². The van der Waals surface area contributed by atoms with Crippen LogP contribution in [-0.2, 0) is 6.54 Å². The van der Waals surface area contributed by atoms with E-state index in [4.69, 9.17) is 5.26 Å². The highest BCUT2D eigenvalue weighted by Gasteiger charge is 2.11. The summed E-state index contributed by atoms with van der Waals surface area (Å²) in [7, 11) is 0. The Labute approximate surface area is 122 Å². The summed E-state index contributed by atoms with van der Waals surface area (Å²) < 4.78 is 13.2. The van der Waals surface area contributed by atoms with Crippen molar-refractivity contribution < 1.29 is 4.39 Å². The van der Waals surface area contributed by atoms with Crippen LogP contribution in [0.3, 0.4) is 0 Å². The largest absolute Gasteiger partial charge is 0.306 e. The molecule has 1 aromatic heterocycles. The van der Waals surface area contributed by atoms with Gasteiger partial charge in [-0.15, -0.1) is 11.3 Å². The molecular formula is C16H17FN2S. The maximum atomic E-state index is 13.2. The van der Waals surface area contributed by atoms with Gasteiger partial charge in [-0.05, 0) is 50.1 Å². The van der Waals surface area contributed by atoms with Crippen molar-refractivity contribution in [2.45, 2.75) is 33.4 Å². The molecule has 0 saturated carbocycles. The lowest BCUT2D eigenvalue weighted by atomic mass is 10.1. The Morgan fingerprint density at radius 3 is 2.70 bits per heavy atom. The maximum absolute atomic E-state index is 13.2. The average Bonchev–Trinajstić information content (AvgIpc) is 2.76. The molecule has 1 heterocycles. The molecule has 0 aliphatic carbocycles. The zero-order chi connectivity index (χ0) is 14.7. The molecule has 4 heteroatoms. The fourth-order valence-electron chi connectivity index (χ4n) is 2.23. The summed E-state index contributed by atoms with van der Waals surface area (Å²) in [4.78, 5) is 2.62. The number of aryl methyl sites for hydroxylation is 2. The summed E-state index contributed by atoms with van der Waals surface area (Å²) in [6.07, 6.45) is 0. The van der Waals surface area contributed by atoms with Crippen molar-refractivity contribution >= 4 is 11.3 Å². The lowest BCUT2D eigenvalue weighted by Gasteiger charge is -2.14. The van der Waals surface area contributed by atoms with Crippen LogP contribution in [0.5, 0.6) is 0 Å². The zero-order valence-corrected chi connectivity index (χ0v) is 12.6. The van der Waals surface area contributed by atoms with Crippen LogP contribution in [-0.4, -0.2) is 0 Å². The van der Waals surface area contributed by atoms with Gasteiger partial charge in [0.1, 0.15) is 11.9 Å². The van der Waals surface area contributed by atoms with Gasteiger partial charge in [0.25, 0.3) is 0 Å². The summed E-state index contributed by atoms with van der Waals surface area (Å²) >= 11 is 1.79. The summed E-state index contributed by atoms with van der Waals surface area (Å²) in [6, 6.07) is 8.95. The van der Waals surface area contributed by atoms with Gasteiger partial charge in [-0.3, -0.25) is 0 Å². The molecule has 1 atom stereocenters. The molecule has 2 aromatic rings. The minimum atomic E-state index is -0.464. The number of nitrogens with one attached hydrogen (secondary N) is 1. The quantitative estimate of drug-likeness (QED) is 0.914. The van der Waals surface area contributed by atoms with Crippen LogP contribution in [0.4, 0.5) is 4.39 Å². The molecule has 0 bridgehead atoms. The number of nitriles is 1. The Bertz CT molecular complexity index is 655. The molecule has 0 amide bonds. The highest BCUT2D eigenvalue weighted by Crippen LogP contribution is 2.26. The molecular weight excluding hydrogens is 271 g/mol. The van der Waals surface area contributed by atoms with Crippen LogP contribution >= 0.6 is 11.3 Å². The van der Waals surface area contributed by atoms with E-state index >= 15 is 0 Å². The van der Waals surface area contributed by atoms with Crippen molar-refractivity contribution in [1.29, 1.82) is 5.26 Å². The second-order valence-corrected chi connectivity index (χ2v) is 6.36. The highest BCUT2D eigenvalue weighted by atomic mass is 32.1. The Morgan fingerprint density at radius 1 is 1.35 bits per heavy atom. The molecule has 104 valence electrons. The number of hydrogen-bond donors (Lipinski definition) is 1. The van der Waals surface area contributed by atoms with Crippen molar-refractivity contribution in [3.63, 3.8) is 0 Å². The predicted molar refractivity (Wildman–Crippen MR) is 80.2 cm³/mol. The lowest BCUT2D eigenvalue weighted by molar-refractivity contribution is 0.572. The van der Waals surface area contributed by atoms with E-state index in [9.17, 15) is 4.39 Å². The number of rotatable bonds is 4. The van der Waals surface area contributed by atoms with Crippen molar-refractivity contribution in [2.24, 2.45) is 0 Å². The van der Waals surface area contributed by atoms with Crippen molar-refractivity contribution in [1.82, 2.24) is 5.32 Å². The number of thiophene rings is 1. The molecule has 0 spiro atoms. The highest BCUT2D eigenvalue weighted by molar-refractivity contribution is 7.12. The average molecular weight is 288 g/mol. The minimum Gasteiger partial charge on any atom is -0.306 e. The fraction of sp³-hybridized carbons (Fsp3) is 0.312. The van der Waals surface area contributed by atoms with Crippen molar-refractivity contribution in [2.75, 3.05) is 0 Å². The summed E-state index contributed by atoms with van der Waals surface area (Å²) in [5, 5.41) is 12.2. The van der Waals surface area contributed by atoms with Crippen LogP contribution < -0.4 is 5.32 Å². The van der Waals surface area contributed by atoms with Crippen LogP contribution in [0.25, 0.3) is 0 Å². The standard InChI is InChI=1S/C16H17FN2S/c1-10-6-15(12(3)20-10)11(2)19-9-13-4-5-16(17)14(7-13)8-18/h4-7,11,19H,9H2,1-3H3. The molecule has 2 nitrogen and oxygen atoms in total. The van der Waals surface area contributed by atoms with Crippen LogP contribution in [0.15, 0.2) is 24.3 Å². The Balaban J connectivity index is 2.05. The minimum absolute atomic E-state index is 0.0968. The first kappa shape index (κ1) is 14.7. The van der Waals surface area contributed by atoms with Gasteiger partial charge >= 0.3 is 0 Å². The second-order valence-electron chi connectivity index (χ2n) is 4.90. The molecule has 0 saturated heterocycles. The monoisotopic (exact) mass is 288 g/mol. The maximum Gasteiger partial charge on any atom is 0.140 e. The lowest BCUT2D eigenvalue weighted by Crippen LogP contribution is -2.18. The van der Waals surface area contributed by atoms with Gasteiger partial charge < -0.3 is 5.32 Å². The van der Waals surface area contributed by atoms with E-state index in [0.29, 0.717) is 6.54 Å². The molecule has 0 aliphatic heterocycles. The van der Waals surface area contributed by atoms with E-state index in [0.717, 1.165) is 5.56 Å². The van der Waals surface area contributed by atoms with Gasteiger partial charge in [-0.2, -0.15) is 5.26 Å². The predicted octanol–water partition coefficient (Wildman–Crippen LogP) is 4.23. The number of halogens is 1. The Kier molecular flexibility index (Phi) is 4.53. The molecule has 0 fully saturated rings. The summed E-state index contributed by atoms with van der Waals surface area (Å²) in [5.74, 6) is -0.464. The van der Waals surface area contributed by atoms with Crippen LogP contribution in [0, 0.1) is 31.0 Å². The first-order valence-corrected chi connectivity index (χ1v) is 7.31. The van der Waals surface area contributed by atoms with E-state index in [1.54, 1.807) is 23.5 Å². The first-order valence-electron chi connectivity index (χ1n) is 6.50. The number of nitrogens with zero attached hydrogens (tertiary/aromatic N) is 1. The molecule has 0 aliphatic rings. The zero-order valence-electron chi connectivity index (χ0n) is 11.8. The summed E-state index contributed by atoms with van der Waals surface area (Å²) in [5.41, 5.74) is 2.31. The fourth-order valence-corrected chi connectivity index (χ4v) is 3.25. The van der Waals surface area contributed by atoms with E-state index in [1.807, 2.05) is 6.07 Å². The Hall–Kier alpha value is -1.70. The van der Waals surface area contributed by atoms with E-state index in [1.165, 1.54) is 21.4 Å². The molecule has 20 heavy (non-hydrogen) atoms. The molecule has 0 radical (unpaired) electrons. The third-order valence-electron chi connectivity index (χ3n) is 3.31. The van der Waals surface area contributed by atoms with E-state index < -0.39 is 5.82 Å². The molecule has 1 aromatic carbocycles. The second kappa shape index (κ2) is 6.17. The molecule has 1 unspecified atom stereocenters. The van der Waals surface area contributed by atoms with Crippen molar-refractivity contribution in [3.05, 3.63) is 56.5 Å². The van der Waals surface area contributed by atoms with Crippen LogP contribution in [0.1, 0.15) is 39.4 Å². The van der Waals surface area contributed by atoms with Gasteiger partial charge in [0, 0.05) is 22.3 Å². The van der Waals surface area contributed by atoms with Gasteiger partial charge in [0.15, 0.2) is 0 Å². The third kappa shape index (κ3) is 3.24. The normalized spacial score (nSPS) is 12.2. The van der Waals surface area contributed by atoms with Crippen molar-refractivity contribution in [3.8, 4) is 6.07 Å². The first-order chi connectivity index (χ1) is 9.51. The topological polar surface area (TPSA) is 35.8 Å². The number of hydrogen-bond acceptors (Lipinski definition) is 3. The smallest absolute Gasteiger partial charge is 0.140 e. The number of benzene rings is 1. The van der Waals surface area contributed by atoms with Gasteiger partial charge in [-0.25, -0.2) is 4.39 Å². The van der Waals surface area contributed by atoms with Crippen LogP contribution in [0.2, 0.25) is 0 Å². The van der Waals surface area contributed by atoms with Gasteiger partial charge in [-0.1, -0.05) is 6.07 Å². The van der Waals surface area contributed by atoms with E-state index in [2.05, 4.69) is 32.2 Å². The molecule has 1 N–H and O–H groups in total. The Morgan fingerprint density at radius 2 is 2.10 bits per heavy atom. The SMILES string of the molecule is Cc1cc(C(C)NCc2ccc(F)c(C#N)c2)c(C)s1. The molecule has 2 rings (SSSR count). The third-order valence-corrected chi connectivity index (χ3v) is 4.29. The summed E-state index contributed by atoms with van der Waals surface area (Å²) in [6.45, 7) is 6.96. The van der Waals surface area contributed by atoms with E-state index in [-0.39, 0.29) is 11.6 Å². The van der Waals surface area contributed by atoms with Gasteiger partial charge in [0.05, 0.1) is 5.56 Å².